The van der Waals surface area contributed by atoms with Crippen LogP contribution in [0, 0.1) is 11.8 Å². The van der Waals surface area contributed by atoms with E-state index >= 15 is 0 Å². The zero-order chi connectivity index (χ0) is 46.6. The number of imidazole rings is 2. The normalized spacial score (nSPS) is 25.6. The van der Waals surface area contributed by atoms with Crippen molar-refractivity contribution in [2.45, 2.75) is 154 Å². The molecule has 4 aromatic rings. The number of benzene rings is 2. The zero-order valence-corrected chi connectivity index (χ0v) is 39.4. The van der Waals surface area contributed by atoms with Gasteiger partial charge < -0.3 is 49.3 Å². The number of aromatic nitrogens is 4. The van der Waals surface area contributed by atoms with Crippen LogP contribution in [0.25, 0.3) is 33.6 Å². The summed E-state index contributed by atoms with van der Waals surface area (Å²) < 4.78 is 22.4. The molecule has 0 unspecified atom stereocenters. The van der Waals surface area contributed by atoms with Crippen molar-refractivity contribution in [3.05, 3.63) is 65.0 Å². The van der Waals surface area contributed by atoms with Crippen molar-refractivity contribution in [2.75, 3.05) is 14.2 Å². The molecule has 16 heteroatoms. The number of nitrogens with one attached hydrogen (secondary N) is 4. The maximum absolute atomic E-state index is 14.6. The van der Waals surface area contributed by atoms with E-state index < -0.39 is 24.3 Å². The Kier molecular flexibility index (Phi) is 12.6. The Hall–Kier alpha value is -5.90. The highest BCUT2D eigenvalue weighted by atomic mass is 16.5. The van der Waals surface area contributed by atoms with Crippen molar-refractivity contribution in [3.63, 3.8) is 0 Å². The molecule has 4 amide bonds. The van der Waals surface area contributed by atoms with E-state index in [0.29, 0.717) is 19.4 Å². The summed E-state index contributed by atoms with van der Waals surface area (Å²) in [6.45, 7) is 12.5. The molecule has 1 aliphatic carbocycles. The van der Waals surface area contributed by atoms with Gasteiger partial charge in [0.2, 0.25) is 11.8 Å². The first-order chi connectivity index (χ1) is 31.8. The predicted octanol–water partition coefficient (Wildman–Crippen LogP) is 7.93. The van der Waals surface area contributed by atoms with Crippen LogP contribution in [-0.4, -0.2) is 104 Å². The lowest BCUT2D eigenvalue weighted by atomic mass is 9.85. The number of hydrogen-bond donors (Lipinski definition) is 4. The van der Waals surface area contributed by atoms with Crippen LogP contribution < -0.4 is 15.4 Å². The molecule has 352 valence electrons. The second-order valence-corrected chi connectivity index (χ2v) is 19.3. The minimum absolute atomic E-state index is 0.0142. The second kappa shape index (κ2) is 18.4. The number of methoxy groups -OCH3 is 2. The molecule has 9 atom stereocenters. The summed E-state index contributed by atoms with van der Waals surface area (Å²) in [5, 5.41) is 5.69. The SMILES string of the molecule is CC[C@H](C)[C@H](NC(=O)OC)C(=O)N1[C@@H](C)CC[C@H]1c1ncc(-c2ccc3c(c2)COc2cc4c(cc2-3)CCc2nc([C@@H]3CC[C@H](C)N3C(=O)[C@@H](NC(=O)OC)C3C[C@@H](C)O[C@H](C)C3)[nH]c2-4)[nH]1. The molecule has 66 heavy (non-hydrogen) atoms. The molecule has 0 bridgehead atoms. The molecule has 9 rings (SSSR count). The first-order valence-electron chi connectivity index (χ1n) is 23.8. The Bertz CT molecular complexity index is 2490. The number of likely N-dealkylation sites (tertiary alicyclic amines) is 2. The molecular weight excluding hydrogens is 841 g/mol. The number of carbonyl (C=O) groups excluding carboxylic acids is 4. The number of aryl methyl sites for hydroxylation is 2. The van der Waals surface area contributed by atoms with Gasteiger partial charge in [0, 0.05) is 23.2 Å². The van der Waals surface area contributed by atoms with Gasteiger partial charge in [-0.1, -0.05) is 32.4 Å². The zero-order valence-electron chi connectivity index (χ0n) is 39.4. The fraction of sp³-hybridized carbons (Fsp3) is 0.560. The number of amides is 4. The molecule has 2 aromatic heterocycles. The highest BCUT2D eigenvalue weighted by Gasteiger charge is 2.45. The number of ether oxygens (including phenoxy) is 4. The van der Waals surface area contributed by atoms with Crippen LogP contribution in [-0.2, 0) is 43.2 Å². The number of carbonyl (C=O) groups is 4. The summed E-state index contributed by atoms with van der Waals surface area (Å²) in [4.78, 5) is 74.6. The molecule has 16 nitrogen and oxygen atoms in total. The van der Waals surface area contributed by atoms with Crippen LogP contribution in [0.1, 0.15) is 127 Å². The van der Waals surface area contributed by atoms with Gasteiger partial charge in [0.15, 0.2) is 0 Å². The summed E-state index contributed by atoms with van der Waals surface area (Å²) in [5.41, 5.74) is 9.26. The number of rotatable bonds is 10. The minimum atomic E-state index is -0.741. The fourth-order valence-electron chi connectivity index (χ4n) is 11.3. The molecule has 0 spiro atoms. The van der Waals surface area contributed by atoms with E-state index in [4.69, 9.17) is 28.9 Å². The third-order valence-corrected chi connectivity index (χ3v) is 14.9. The number of hydrogen-bond acceptors (Lipinski definition) is 10. The largest absolute Gasteiger partial charge is 0.488 e. The Labute approximate surface area is 386 Å². The Morgan fingerprint density at radius 3 is 2.18 bits per heavy atom. The second-order valence-electron chi connectivity index (χ2n) is 19.3. The Morgan fingerprint density at radius 2 is 1.48 bits per heavy atom. The molecular formula is C50H64N8O8. The first-order valence-corrected chi connectivity index (χ1v) is 23.8. The fourth-order valence-corrected chi connectivity index (χ4v) is 11.3. The first kappa shape index (κ1) is 45.3. The van der Waals surface area contributed by atoms with Gasteiger partial charge in [0.05, 0.1) is 61.8 Å². The summed E-state index contributed by atoms with van der Waals surface area (Å²) in [7, 11) is 2.63. The van der Waals surface area contributed by atoms with E-state index in [-0.39, 0.29) is 60.0 Å². The topological polar surface area (TPSA) is 193 Å². The van der Waals surface area contributed by atoms with E-state index in [1.165, 1.54) is 19.8 Å². The van der Waals surface area contributed by atoms with Gasteiger partial charge in [0.25, 0.3) is 0 Å². The summed E-state index contributed by atoms with van der Waals surface area (Å²) in [6.07, 6.45) is 7.34. The predicted molar refractivity (Wildman–Crippen MR) is 246 cm³/mol. The molecule has 4 aliphatic heterocycles. The quantitative estimate of drug-likeness (QED) is 0.122. The van der Waals surface area contributed by atoms with Crippen LogP contribution in [0.3, 0.4) is 0 Å². The molecule has 4 N–H and O–H groups in total. The lowest BCUT2D eigenvalue weighted by molar-refractivity contribution is -0.140. The van der Waals surface area contributed by atoms with E-state index in [9.17, 15) is 19.2 Å². The summed E-state index contributed by atoms with van der Waals surface area (Å²) in [5.74, 6) is 1.88. The number of H-pyrrole nitrogens is 2. The van der Waals surface area contributed by atoms with Gasteiger partial charge in [-0.05, 0) is 131 Å². The summed E-state index contributed by atoms with van der Waals surface area (Å²) in [6, 6.07) is 8.79. The van der Waals surface area contributed by atoms with Crippen molar-refractivity contribution in [3.8, 4) is 39.4 Å². The lowest BCUT2D eigenvalue weighted by Gasteiger charge is -2.39. The van der Waals surface area contributed by atoms with Crippen molar-refractivity contribution in [1.82, 2.24) is 40.4 Å². The van der Waals surface area contributed by atoms with Crippen molar-refractivity contribution < 1.29 is 38.1 Å². The van der Waals surface area contributed by atoms with Gasteiger partial charge >= 0.3 is 12.2 Å². The van der Waals surface area contributed by atoms with Crippen LogP contribution in [0.15, 0.2) is 36.5 Å². The number of nitrogens with zero attached hydrogens (tertiary/aromatic N) is 4. The monoisotopic (exact) mass is 904 g/mol. The highest BCUT2D eigenvalue weighted by molar-refractivity contribution is 5.88. The van der Waals surface area contributed by atoms with Gasteiger partial charge in [-0.2, -0.15) is 0 Å². The van der Waals surface area contributed by atoms with E-state index in [0.717, 1.165) is 107 Å². The van der Waals surface area contributed by atoms with Gasteiger partial charge in [0.1, 0.15) is 36.1 Å². The Balaban J connectivity index is 0.943. The maximum atomic E-state index is 14.6. The molecule has 0 saturated carbocycles. The third kappa shape index (κ3) is 8.41. The standard InChI is InChI=1S/C50H64N8O8/c1-9-25(2)42(55-49(61)63-7)47(59)57-26(3)10-16-39(57)45-51-23-38(53-45)31-12-14-34-33(20-31)24-65-41-22-35-30(21-36(34)41)13-15-37-44(35)54-46(52-37)40-17-11-27(4)58(40)48(60)43(56-50(62)64-8)32-18-28(5)66-29(6)19-32/h12,14,20-23,25-29,32,39-40,42-43H,9-11,13,15-19,24H2,1-8H3,(H,51,53)(H,52,54)(H,55,61)(H,56,62)/t25-,26-,27-,28+,29+,39-,40-,42-,43-/m0/s1. The van der Waals surface area contributed by atoms with Crippen molar-refractivity contribution >= 4 is 24.0 Å². The molecule has 2 aromatic carbocycles. The molecule has 3 fully saturated rings. The minimum Gasteiger partial charge on any atom is -0.488 e. The molecule has 6 heterocycles. The van der Waals surface area contributed by atoms with Crippen molar-refractivity contribution in [1.29, 1.82) is 0 Å². The van der Waals surface area contributed by atoms with Crippen molar-refractivity contribution in [2.24, 2.45) is 11.8 Å². The molecule has 5 aliphatic rings. The average molecular weight is 905 g/mol. The lowest BCUT2D eigenvalue weighted by Crippen LogP contribution is -2.55. The molecule has 3 saturated heterocycles. The number of fused-ring (bicyclic) bond motifs is 6. The maximum Gasteiger partial charge on any atom is 0.407 e. The van der Waals surface area contributed by atoms with Crippen LogP contribution in [0.2, 0.25) is 0 Å². The number of aromatic amines is 2. The van der Waals surface area contributed by atoms with Gasteiger partial charge in [-0.3, -0.25) is 9.59 Å². The van der Waals surface area contributed by atoms with Crippen LogP contribution in [0.4, 0.5) is 9.59 Å². The Morgan fingerprint density at radius 1 is 0.803 bits per heavy atom. The van der Waals surface area contributed by atoms with E-state index in [1.807, 2.05) is 50.6 Å². The summed E-state index contributed by atoms with van der Waals surface area (Å²) >= 11 is 0. The van der Waals surface area contributed by atoms with Gasteiger partial charge in [-0.25, -0.2) is 19.6 Å². The van der Waals surface area contributed by atoms with E-state index in [2.05, 4.69) is 57.9 Å². The highest BCUT2D eigenvalue weighted by Crippen LogP contribution is 2.46. The van der Waals surface area contributed by atoms with Crippen LogP contribution in [0.5, 0.6) is 5.75 Å². The third-order valence-electron chi connectivity index (χ3n) is 14.9. The van der Waals surface area contributed by atoms with Crippen LogP contribution >= 0.6 is 0 Å². The van der Waals surface area contributed by atoms with E-state index in [1.54, 1.807) is 0 Å². The number of alkyl carbamates (subject to hydrolysis) is 2. The molecule has 0 radical (unpaired) electrons. The smallest absolute Gasteiger partial charge is 0.407 e. The van der Waals surface area contributed by atoms with Gasteiger partial charge in [-0.15, -0.1) is 0 Å². The average Bonchev–Trinajstić information content (AvgIpc) is 4.14.